The van der Waals surface area contributed by atoms with Crippen molar-refractivity contribution in [1.29, 1.82) is 0 Å². The largest absolute Gasteiger partial charge is 0.504 e. The quantitative estimate of drug-likeness (QED) is 0.892. The maximum atomic E-state index is 13.6. The van der Waals surface area contributed by atoms with E-state index >= 15 is 0 Å². The first-order valence-electron chi connectivity index (χ1n) is 4.39. The van der Waals surface area contributed by atoms with E-state index in [1.165, 1.54) is 20.1 Å². The van der Waals surface area contributed by atoms with Gasteiger partial charge in [0, 0.05) is 18.1 Å². The molecule has 0 aliphatic carbocycles. The molecule has 5 heteroatoms. The van der Waals surface area contributed by atoms with Crippen LogP contribution in [0.5, 0.6) is 11.5 Å². The van der Waals surface area contributed by atoms with Crippen molar-refractivity contribution in [3.63, 3.8) is 0 Å². The van der Waals surface area contributed by atoms with E-state index in [0.717, 1.165) is 0 Å². The lowest BCUT2D eigenvalue weighted by atomic mass is 10.1. The second-order valence-electron chi connectivity index (χ2n) is 3.25. The van der Waals surface area contributed by atoms with Gasteiger partial charge in [0.15, 0.2) is 11.5 Å². The van der Waals surface area contributed by atoms with Crippen molar-refractivity contribution in [3.8, 4) is 11.5 Å². The normalized spacial score (nSPS) is 12.6. The van der Waals surface area contributed by atoms with Crippen molar-refractivity contribution >= 4 is 15.9 Å². The summed E-state index contributed by atoms with van der Waals surface area (Å²) in [6.07, 6.45) is -0.697. The highest BCUT2D eigenvalue weighted by Gasteiger charge is 2.18. The molecule has 15 heavy (non-hydrogen) atoms. The third kappa shape index (κ3) is 2.60. The van der Waals surface area contributed by atoms with Gasteiger partial charge in [-0.05, 0) is 22.9 Å². The van der Waals surface area contributed by atoms with Gasteiger partial charge < -0.3 is 14.9 Å². The van der Waals surface area contributed by atoms with Crippen molar-refractivity contribution < 1.29 is 19.3 Å². The monoisotopic (exact) mass is 278 g/mol. The number of halogens is 2. The molecule has 1 aromatic rings. The molecule has 0 aliphatic heterocycles. The molecule has 0 amide bonds. The molecule has 0 radical (unpaired) electrons. The fraction of sp³-hybridized carbons (Fsp3) is 0.400. The number of rotatable bonds is 3. The summed E-state index contributed by atoms with van der Waals surface area (Å²) in [6, 6.07) is 1.34. The van der Waals surface area contributed by atoms with E-state index in [4.69, 9.17) is 4.74 Å². The standard InChI is InChI=1S/C10H12BrFO3/c1-5(13)3-6-9(12)7(11)4-8(15-2)10(6)14/h4-5,13-14H,3H2,1-2H3. The lowest BCUT2D eigenvalue weighted by molar-refractivity contribution is 0.192. The van der Waals surface area contributed by atoms with Crippen LogP contribution >= 0.6 is 15.9 Å². The fourth-order valence-corrected chi connectivity index (χ4v) is 1.73. The van der Waals surface area contributed by atoms with Gasteiger partial charge in [0.05, 0.1) is 17.7 Å². The minimum atomic E-state index is -0.732. The summed E-state index contributed by atoms with van der Waals surface area (Å²) in [6.45, 7) is 1.52. The summed E-state index contributed by atoms with van der Waals surface area (Å²) < 4.78 is 18.6. The summed E-state index contributed by atoms with van der Waals surface area (Å²) in [5, 5.41) is 18.8. The number of hydrogen-bond acceptors (Lipinski definition) is 3. The first-order chi connectivity index (χ1) is 6.97. The van der Waals surface area contributed by atoms with Crippen LogP contribution in [0.15, 0.2) is 10.5 Å². The molecule has 0 saturated heterocycles. The van der Waals surface area contributed by atoms with Gasteiger partial charge >= 0.3 is 0 Å². The Balaban J connectivity index is 3.27. The smallest absolute Gasteiger partial charge is 0.164 e. The Hall–Kier alpha value is -0.810. The second-order valence-corrected chi connectivity index (χ2v) is 4.11. The van der Waals surface area contributed by atoms with Gasteiger partial charge in [0.2, 0.25) is 0 Å². The molecule has 0 aliphatic rings. The minimum absolute atomic E-state index is 0.0352. The molecular formula is C10H12BrFO3. The highest BCUT2D eigenvalue weighted by molar-refractivity contribution is 9.10. The van der Waals surface area contributed by atoms with E-state index < -0.39 is 11.9 Å². The van der Waals surface area contributed by atoms with Crippen LogP contribution in [0.25, 0.3) is 0 Å². The molecule has 84 valence electrons. The number of aliphatic hydroxyl groups excluding tert-OH is 1. The van der Waals surface area contributed by atoms with E-state index in [0.29, 0.717) is 0 Å². The van der Waals surface area contributed by atoms with E-state index in [1.807, 2.05) is 0 Å². The SMILES string of the molecule is COc1cc(Br)c(F)c(CC(C)O)c1O. The lowest BCUT2D eigenvalue weighted by Crippen LogP contribution is -2.07. The van der Waals surface area contributed by atoms with Gasteiger partial charge in [-0.25, -0.2) is 4.39 Å². The molecule has 2 N–H and O–H groups in total. The molecule has 1 rings (SSSR count). The Labute approximate surface area is 95.6 Å². The van der Waals surface area contributed by atoms with Gasteiger partial charge in [0.25, 0.3) is 0 Å². The summed E-state index contributed by atoms with van der Waals surface area (Å²) in [7, 11) is 1.38. The van der Waals surface area contributed by atoms with Gasteiger partial charge in [-0.2, -0.15) is 0 Å². The van der Waals surface area contributed by atoms with Crippen LogP contribution in [-0.4, -0.2) is 23.4 Å². The Morgan fingerprint density at radius 2 is 2.20 bits per heavy atom. The maximum absolute atomic E-state index is 13.6. The van der Waals surface area contributed by atoms with Crippen molar-refractivity contribution in [1.82, 2.24) is 0 Å². The zero-order chi connectivity index (χ0) is 11.6. The van der Waals surface area contributed by atoms with Crippen molar-refractivity contribution in [2.75, 3.05) is 7.11 Å². The van der Waals surface area contributed by atoms with E-state index in [9.17, 15) is 14.6 Å². The predicted molar refractivity (Wildman–Crippen MR) is 57.7 cm³/mol. The van der Waals surface area contributed by atoms with Crippen LogP contribution in [-0.2, 0) is 6.42 Å². The van der Waals surface area contributed by atoms with E-state index in [1.54, 1.807) is 0 Å². The number of hydrogen-bond donors (Lipinski definition) is 2. The first kappa shape index (κ1) is 12.3. The van der Waals surface area contributed by atoms with Crippen LogP contribution < -0.4 is 4.74 Å². The summed E-state index contributed by atoms with van der Waals surface area (Å²) in [5.74, 6) is -0.660. The number of methoxy groups -OCH3 is 1. The zero-order valence-electron chi connectivity index (χ0n) is 8.42. The van der Waals surface area contributed by atoms with E-state index in [2.05, 4.69) is 15.9 Å². The molecule has 1 unspecified atom stereocenters. The Kier molecular flexibility index (Phi) is 3.93. The fourth-order valence-electron chi connectivity index (χ4n) is 1.28. The highest BCUT2D eigenvalue weighted by atomic mass is 79.9. The van der Waals surface area contributed by atoms with Crippen LogP contribution in [0, 0.1) is 5.82 Å². The maximum Gasteiger partial charge on any atom is 0.164 e. The predicted octanol–water partition coefficient (Wildman–Crippen LogP) is 2.23. The van der Waals surface area contributed by atoms with Crippen molar-refractivity contribution in [2.45, 2.75) is 19.4 Å². The molecule has 0 spiro atoms. The third-order valence-electron chi connectivity index (χ3n) is 1.97. The van der Waals surface area contributed by atoms with Crippen molar-refractivity contribution in [2.24, 2.45) is 0 Å². The Bertz CT molecular complexity index is 366. The topological polar surface area (TPSA) is 49.7 Å². The molecule has 0 heterocycles. The van der Waals surface area contributed by atoms with Crippen molar-refractivity contribution in [3.05, 3.63) is 21.9 Å². The minimum Gasteiger partial charge on any atom is -0.504 e. The number of aliphatic hydroxyl groups is 1. The van der Waals surface area contributed by atoms with Crippen LogP contribution in [0.3, 0.4) is 0 Å². The van der Waals surface area contributed by atoms with Crippen LogP contribution in [0.2, 0.25) is 0 Å². The number of benzene rings is 1. The van der Waals surface area contributed by atoms with Gasteiger partial charge in [-0.3, -0.25) is 0 Å². The van der Waals surface area contributed by atoms with E-state index in [-0.39, 0.29) is 28.0 Å². The molecule has 1 aromatic carbocycles. The average molecular weight is 279 g/mol. The number of phenolic OH excluding ortho intramolecular Hbond substituents is 1. The summed E-state index contributed by atoms with van der Waals surface area (Å²) >= 11 is 3.01. The molecule has 0 aromatic heterocycles. The molecule has 3 nitrogen and oxygen atoms in total. The Morgan fingerprint density at radius 3 is 2.67 bits per heavy atom. The summed E-state index contributed by atoms with van der Waals surface area (Å²) in [5.41, 5.74) is 0.0521. The number of ether oxygens (including phenoxy) is 1. The van der Waals surface area contributed by atoms with Gasteiger partial charge in [-0.15, -0.1) is 0 Å². The molecule has 0 bridgehead atoms. The Morgan fingerprint density at radius 1 is 1.60 bits per heavy atom. The zero-order valence-corrected chi connectivity index (χ0v) is 10.0. The highest BCUT2D eigenvalue weighted by Crippen LogP contribution is 2.36. The third-order valence-corrected chi connectivity index (χ3v) is 2.55. The lowest BCUT2D eigenvalue weighted by Gasteiger charge is -2.12. The summed E-state index contributed by atoms with van der Waals surface area (Å²) in [4.78, 5) is 0. The second kappa shape index (κ2) is 4.81. The van der Waals surface area contributed by atoms with Crippen LogP contribution in [0.4, 0.5) is 4.39 Å². The molecule has 0 saturated carbocycles. The van der Waals surface area contributed by atoms with Gasteiger partial charge in [-0.1, -0.05) is 0 Å². The van der Waals surface area contributed by atoms with Crippen LogP contribution in [0.1, 0.15) is 12.5 Å². The molecule has 0 fully saturated rings. The number of phenols is 1. The molecular weight excluding hydrogens is 267 g/mol. The molecule has 1 atom stereocenters. The average Bonchev–Trinajstić information content (AvgIpc) is 2.18. The van der Waals surface area contributed by atoms with Gasteiger partial charge in [0.1, 0.15) is 5.82 Å². The number of aromatic hydroxyl groups is 1. The first-order valence-corrected chi connectivity index (χ1v) is 5.18.